The summed E-state index contributed by atoms with van der Waals surface area (Å²) in [7, 11) is 0. The predicted molar refractivity (Wildman–Crippen MR) is 66.2 cm³/mol. The molecular formula is C13H18N2O2. The molecule has 0 unspecified atom stereocenters. The molecule has 1 heterocycles. The quantitative estimate of drug-likeness (QED) is 0.827. The molecular weight excluding hydrogens is 216 g/mol. The summed E-state index contributed by atoms with van der Waals surface area (Å²) in [6, 6.07) is 1.70. The lowest BCUT2D eigenvalue weighted by Gasteiger charge is -2.07. The van der Waals surface area contributed by atoms with Crippen LogP contribution in [0.2, 0.25) is 0 Å². The molecule has 1 saturated carbocycles. The van der Waals surface area contributed by atoms with Crippen molar-refractivity contribution in [2.45, 2.75) is 33.1 Å². The largest absolute Gasteiger partial charge is 0.352 e. The monoisotopic (exact) mass is 234 g/mol. The summed E-state index contributed by atoms with van der Waals surface area (Å²) in [5, 5.41) is 2.81. The molecule has 1 fully saturated rings. The van der Waals surface area contributed by atoms with Gasteiger partial charge >= 0.3 is 0 Å². The molecule has 0 atom stereocenters. The Kier molecular flexibility index (Phi) is 3.31. The molecule has 1 amide bonds. The average molecular weight is 234 g/mol. The van der Waals surface area contributed by atoms with Gasteiger partial charge in [-0.25, -0.2) is 0 Å². The zero-order valence-corrected chi connectivity index (χ0v) is 10.3. The van der Waals surface area contributed by atoms with E-state index in [2.05, 4.69) is 10.3 Å². The highest BCUT2D eigenvalue weighted by Gasteiger charge is 2.22. The van der Waals surface area contributed by atoms with Gasteiger partial charge in [0.15, 0.2) is 0 Å². The smallest absolute Gasteiger partial charge is 0.261 e. The van der Waals surface area contributed by atoms with Crippen LogP contribution in [0.4, 0.5) is 0 Å². The highest BCUT2D eigenvalue weighted by Crippen LogP contribution is 2.27. The lowest BCUT2D eigenvalue weighted by molar-refractivity contribution is 0.0950. The predicted octanol–water partition coefficient (Wildman–Crippen LogP) is 1.39. The zero-order valence-electron chi connectivity index (χ0n) is 10.3. The topological polar surface area (TPSA) is 62.0 Å². The molecule has 1 aromatic heterocycles. The van der Waals surface area contributed by atoms with Gasteiger partial charge in [0.25, 0.3) is 11.5 Å². The molecule has 17 heavy (non-hydrogen) atoms. The number of carbonyl (C=O) groups excluding carboxylic acids is 1. The molecule has 0 aromatic carbocycles. The first-order valence-corrected chi connectivity index (χ1v) is 6.12. The van der Waals surface area contributed by atoms with E-state index in [9.17, 15) is 9.59 Å². The van der Waals surface area contributed by atoms with Gasteiger partial charge in [0.2, 0.25) is 0 Å². The van der Waals surface area contributed by atoms with Crippen LogP contribution in [0.3, 0.4) is 0 Å². The van der Waals surface area contributed by atoms with E-state index in [4.69, 9.17) is 0 Å². The summed E-state index contributed by atoms with van der Waals surface area (Å²) in [5.74, 6) is 0.363. The molecule has 0 spiro atoms. The highest BCUT2D eigenvalue weighted by molar-refractivity contribution is 5.94. The number of pyridine rings is 1. The van der Waals surface area contributed by atoms with Crippen molar-refractivity contribution in [3.63, 3.8) is 0 Å². The summed E-state index contributed by atoms with van der Waals surface area (Å²) in [6.07, 6.45) is 3.18. The first-order valence-electron chi connectivity index (χ1n) is 6.12. The molecule has 1 aliphatic rings. The van der Waals surface area contributed by atoms with Gasteiger partial charge in [0.1, 0.15) is 5.56 Å². The van der Waals surface area contributed by atoms with Crippen molar-refractivity contribution >= 4 is 5.91 Å². The van der Waals surface area contributed by atoms with Crippen molar-refractivity contribution in [3.8, 4) is 0 Å². The Bertz CT molecular complexity index is 487. The average Bonchev–Trinajstić information content (AvgIpc) is 3.10. The number of nitrogens with one attached hydrogen (secondary N) is 2. The molecule has 0 bridgehead atoms. The third kappa shape index (κ3) is 2.75. The second-order valence-electron chi connectivity index (χ2n) is 4.67. The maximum absolute atomic E-state index is 11.8. The standard InChI is InChI=1S/C13H18N2O2/c1-3-10-6-11(13(17)15-8(10)2)12(16)14-7-9-4-5-9/h6,9H,3-5,7H2,1-2H3,(H,14,16)(H,15,17). The fourth-order valence-electron chi connectivity index (χ4n) is 1.86. The van der Waals surface area contributed by atoms with Crippen molar-refractivity contribution in [2.24, 2.45) is 5.92 Å². The number of aromatic amines is 1. The van der Waals surface area contributed by atoms with Crippen molar-refractivity contribution in [3.05, 3.63) is 33.2 Å². The van der Waals surface area contributed by atoms with Gasteiger partial charge in [-0.05, 0) is 43.7 Å². The minimum Gasteiger partial charge on any atom is -0.352 e. The molecule has 92 valence electrons. The van der Waals surface area contributed by atoms with E-state index >= 15 is 0 Å². The molecule has 4 heteroatoms. The van der Waals surface area contributed by atoms with Crippen LogP contribution in [0, 0.1) is 12.8 Å². The summed E-state index contributed by atoms with van der Waals surface area (Å²) in [4.78, 5) is 26.3. The van der Waals surface area contributed by atoms with E-state index < -0.39 is 0 Å². The number of aromatic nitrogens is 1. The van der Waals surface area contributed by atoms with Crippen molar-refractivity contribution < 1.29 is 4.79 Å². The van der Waals surface area contributed by atoms with Crippen LogP contribution in [0.1, 0.15) is 41.4 Å². The second kappa shape index (κ2) is 4.73. The number of H-pyrrole nitrogens is 1. The van der Waals surface area contributed by atoms with Crippen molar-refractivity contribution in [1.82, 2.24) is 10.3 Å². The van der Waals surface area contributed by atoms with Gasteiger partial charge in [-0.1, -0.05) is 6.92 Å². The van der Waals surface area contributed by atoms with Crippen LogP contribution >= 0.6 is 0 Å². The number of amides is 1. The Labute approximate surface area is 100 Å². The Hall–Kier alpha value is -1.58. The minimum absolute atomic E-state index is 0.230. The maximum atomic E-state index is 11.8. The summed E-state index contributed by atoms with van der Waals surface area (Å²) in [6.45, 7) is 4.55. The SMILES string of the molecule is CCc1cc(C(=O)NCC2CC2)c(=O)[nH]c1C. The fraction of sp³-hybridized carbons (Fsp3) is 0.538. The summed E-state index contributed by atoms with van der Waals surface area (Å²) < 4.78 is 0. The number of aryl methyl sites for hydroxylation is 2. The molecule has 0 radical (unpaired) electrons. The van der Waals surface area contributed by atoms with Gasteiger partial charge < -0.3 is 10.3 Å². The molecule has 1 aromatic rings. The van der Waals surface area contributed by atoms with Crippen LogP contribution in [0.5, 0.6) is 0 Å². The Morgan fingerprint density at radius 1 is 1.53 bits per heavy atom. The third-order valence-electron chi connectivity index (χ3n) is 3.22. The first-order chi connectivity index (χ1) is 8.11. The van der Waals surface area contributed by atoms with E-state index in [0.29, 0.717) is 12.5 Å². The van der Waals surface area contributed by atoms with E-state index in [1.807, 2.05) is 13.8 Å². The number of hydrogen-bond donors (Lipinski definition) is 2. The zero-order chi connectivity index (χ0) is 12.4. The van der Waals surface area contributed by atoms with Crippen LogP contribution in [-0.2, 0) is 6.42 Å². The van der Waals surface area contributed by atoms with Gasteiger partial charge in [0, 0.05) is 12.2 Å². The number of rotatable bonds is 4. The fourth-order valence-corrected chi connectivity index (χ4v) is 1.86. The van der Waals surface area contributed by atoms with E-state index in [1.54, 1.807) is 6.07 Å². The molecule has 4 nitrogen and oxygen atoms in total. The number of hydrogen-bond acceptors (Lipinski definition) is 2. The van der Waals surface area contributed by atoms with Crippen LogP contribution < -0.4 is 10.9 Å². The third-order valence-corrected chi connectivity index (χ3v) is 3.22. The van der Waals surface area contributed by atoms with Crippen LogP contribution in [0.25, 0.3) is 0 Å². The molecule has 0 aliphatic heterocycles. The van der Waals surface area contributed by atoms with Gasteiger partial charge in [-0.15, -0.1) is 0 Å². The van der Waals surface area contributed by atoms with Crippen LogP contribution in [0.15, 0.2) is 10.9 Å². The summed E-state index contributed by atoms with van der Waals surface area (Å²) >= 11 is 0. The second-order valence-corrected chi connectivity index (χ2v) is 4.67. The van der Waals surface area contributed by atoms with Crippen LogP contribution in [-0.4, -0.2) is 17.4 Å². The Morgan fingerprint density at radius 2 is 2.24 bits per heavy atom. The Morgan fingerprint density at radius 3 is 2.82 bits per heavy atom. The lowest BCUT2D eigenvalue weighted by Crippen LogP contribution is -2.31. The van der Waals surface area contributed by atoms with E-state index in [-0.39, 0.29) is 17.0 Å². The lowest BCUT2D eigenvalue weighted by atomic mass is 10.1. The molecule has 1 aliphatic carbocycles. The first kappa shape index (κ1) is 11.9. The summed E-state index contributed by atoms with van der Waals surface area (Å²) in [5.41, 5.74) is 1.79. The minimum atomic E-state index is -0.298. The number of carbonyl (C=O) groups is 1. The van der Waals surface area contributed by atoms with Crippen molar-refractivity contribution in [1.29, 1.82) is 0 Å². The molecule has 0 saturated heterocycles. The van der Waals surface area contributed by atoms with Gasteiger partial charge in [-0.3, -0.25) is 9.59 Å². The van der Waals surface area contributed by atoms with Gasteiger partial charge in [0.05, 0.1) is 0 Å². The van der Waals surface area contributed by atoms with E-state index in [0.717, 1.165) is 17.7 Å². The highest BCUT2D eigenvalue weighted by atomic mass is 16.2. The maximum Gasteiger partial charge on any atom is 0.261 e. The van der Waals surface area contributed by atoms with Crippen molar-refractivity contribution in [2.75, 3.05) is 6.54 Å². The normalized spacial score (nSPS) is 14.7. The van der Waals surface area contributed by atoms with E-state index in [1.165, 1.54) is 12.8 Å². The van der Waals surface area contributed by atoms with Gasteiger partial charge in [-0.2, -0.15) is 0 Å². The molecule has 2 rings (SSSR count). The molecule has 2 N–H and O–H groups in total. The Balaban J connectivity index is 2.17.